The summed E-state index contributed by atoms with van der Waals surface area (Å²) in [6.07, 6.45) is 3.44. The number of halogens is 3. The molecule has 1 aromatic heterocycles. The lowest BCUT2D eigenvalue weighted by molar-refractivity contribution is -0.143. The van der Waals surface area contributed by atoms with Gasteiger partial charge in [0.05, 0.1) is 18.6 Å². The minimum atomic E-state index is -4.32. The van der Waals surface area contributed by atoms with E-state index in [2.05, 4.69) is 4.57 Å². The molecule has 0 N–H and O–H groups in total. The molecule has 0 saturated heterocycles. The summed E-state index contributed by atoms with van der Waals surface area (Å²) < 4.78 is 46.3. The molecule has 0 fully saturated rings. The van der Waals surface area contributed by atoms with E-state index in [1.54, 1.807) is 12.1 Å². The predicted molar refractivity (Wildman–Crippen MR) is 109 cm³/mol. The fraction of sp³-hybridized carbons (Fsp3) is 0.542. The number of esters is 1. The summed E-state index contributed by atoms with van der Waals surface area (Å²) in [6, 6.07) is 5.48. The molecule has 30 heavy (non-hydrogen) atoms. The highest BCUT2D eigenvalue weighted by Crippen LogP contribution is 2.42. The van der Waals surface area contributed by atoms with Gasteiger partial charge in [-0.25, -0.2) is 0 Å². The molecule has 1 heterocycles. The van der Waals surface area contributed by atoms with Gasteiger partial charge in [0, 0.05) is 23.9 Å². The highest BCUT2D eigenvalue weighted by atomic mass is 19.4. The molecule has 6 heteroatoms. The zero-order valence-electron chi connectivity index (χ0n) is 17.4. The smallest absolute Gasteiger partial charge is 0.416 e. The summed E-state index contributed by atoms with van der Waals surface area (Å²) in [5, 5.41) is 0. The van der Waals surface area contributed by atoms with Gasteiger partial charge in [0.25, 0.3) is 0 Å². The Balaban J connectivity index is 1.70. The molecular weight excluding hydrogens is 391 g/mol. The summed E-state index contributed by atoms with van der Waals surface area (Å²) in [5.74, 6) is -0.0524. The highest BCUT2D eigenvalue weighted by Gasteiger charge is 2.33. The SMILES string of the molecule is CCOC(=O)CC1CCCc2c3c(n(Cc4ccc(C(F)(F)F)cc4)c21)CCCC3. The maximum atomic E-state index is 12.9. The van der Waals surface area contributed by atoms with Crippen LogP contribution in [0.2, 0.25) is 0 Å². The number of nitrogens with zero attached hydrogens (tertiary/aromatic N) is 1. The van der Waals surface area contributed by atoms with Gasteiger partial charge < -0.3 is 9.30 Å². The van der Waals surface area contributed by atoms with Crippen molar-refractivity contribution in [2.45, 2.75) is 76.9 Å². The second kappa shape index (κ2) is 8.48. The van der Waals surface area contributed by atoms with E-state index in [1.807, 2.05) is 6.92 Å². The van der Waals surface area contributed by atoms with Gasteiger partial charge in [-0.2, -0.15) is 13.2 Å². The summed E-state index contributed by atoms with van der Waals surface area (Å²) in [6.45, 7) is 2.74. The number of alkyl halides is 3. The highest BCUT2D eigenvalue weighted by molar-refractivity contribution is 5.70. The summed E-state index contributed by atoms with van der Waals surface area (Å²) in [5.41, 5.74) is 5.59. The lowest BCUT2D eigenvalue weighted by Gasteiger charge is -2.26. The number of rotatable bonds is 5. The Morgan fingerprint density at radius 2 is 1.77 bits per heavy atom. The first kappa shape index (κ1) is 21.0. The topological polar surface area (TPSA) is 31.2 Å². The van der Waals surface area contributed by atoms with Gasteiger partial charge in [0.2, 0.25) is 0 Å². The molecule has 0 amide bonds. The van der Waals surface area contributed by atoms with Crippen molar-refractivity contribution in [2.24, 2.45) is 0 Å². The quantitative estimate of drug-likeness (QED) is 0.573. The number of ether oxygens (including phenoxy) is 1. The first-order valence-electron chi connectivity index (χ1n) is 10.9. The molecule has 2 aromatic rings. The molecule has 0 saturated carbocycles. The van der Waals surface area contributed by atoms with E-state index < -0.39 is 11.7 Å². The minimum absolute atomic E-state index is 0.118. The summed E-state index contributed by atoms with van der Waals surface area (Å²) in [7, 11) is 0. The third-order valence-electron chi connectivity index (χ3n) is 6.44. The van der Waals surface area contributed by atoms with Crippen molar-refractivity contribution >= 4 is 5.97 Å². The molecule has 2 aliphatic carbocycles. The van der Waals surface area contributed by atoms with Crippen LogP contribution in [-0.4, -0.2) is 17.1 Å². The van der Waals surface area contributed by atoms with Crippen LogP contribution >= 0.6 is 0 Å². The van der Waals surface area contributed by atoms with Crippen LogP contribution in [0.4, 0.5) is 13.2 Å². The molecular formula is C24H28F3NO2. The van der Waals surface area contributed by atoms with Gasteiger partial charge in [-0.15, -0.1) is 0 Å². The lowest BCUT2D eigenvalue weighted by Crippen LogP contribution is -2.19. The Bertz CT molecular complexity index is 912. The molecule has 4 rings (SSSR count). The fourth-order valence-corrected chi connectivity index (χ4v) is 5.17. The van der Waals surface area contributed by atoms with Crippen LogP contribution in [0.25, 0.3) is 0 Å². The van der Waals surface area contributed by atoms with Crippen LogP contribution in [0, 0.1) is 0 Å². The van der Waals surface area contributed by atoms with Crippen LogP contribution < -0.4 is 0 Å². The Labute approximate surface area is 175 Å². The maximum absolute atomic E-state index is 12.9. The largest absolute Gasteiger partial charge is 0.466 e. The number of hydrogen-bond acceptors (Lipinski definition) is 2. The second-order valence-corrected chi connectivity index (χ2v) is 8.38. The fourth-order valence-electron chi connectivity index (χ4n) is 5.17. The van der Waals surface area contributed by atoms with Crippen LogP contribution in [-0.2, 0) is 41.5 Å². The summed E-state index contributed by atoms with van der Waals surface area (Å²) in [4.78, 5) is 12.2. The Morgan fingerprint density at radius 3 is 2.47 bits per heavy atom. The second-order valence-electron chi connectivity index (χ2n) is 8.38. The Kier molecular flexibility index (Phi) is 5.94. The number of fused-ring (bicyclic) bond motifs is 3. The average molecular weight is 419 g/mol. The molecule has 0 radical (unpaired) electrons. The normalized spacial score (nSPS) is 18.6. The van der Waals surface area contributed by atoms with Crippen molar-refractivity contribution in [3.63, 3.8) is 0 Å². The van der Waals surface area contributed by atoms with Gasteiger partial charge in [-0.1, -0.05) is 12.1 Å². The number of benzene rings is 1. The molecule has 2 aliphatic rings. The van der Waals surface area contributed by atoms with Gasteiger partial charge in [0.15, 0.2) is 0 Å². The standard InChI is InChI=1S/C24H28F3NO2/c1-2-30-22(29)14-17-6-5-8-20-19-7-3-4-9-21(19)28(23(17)20)15-16-10-12-18(13-11-16)24(25,26)27/h10-13,17H,2-9,14-15H2,1H3. The van der Waals surface area contributed by atoms with Gasteiger partial charge >= 0.3 is 12.1 Å². The van der Waals surface area contributed by atoms with E-state index in [0.29, 0.717) is 19.6 Å². The lowest BCUT2D eigenvalue weighted by atomic mass is 9.82. The molecule has 1 unspecified atom stereocenters. The molecule has 3 nitrogen and oxygen atoms in total. The number of carbonyl (C=O) groups excluding carboxylic acids is 1. The van der Waals surface area contributed by atoms with Crippen molar-refractivity contribution in [1.29, 1.82) is 0 Å². The van der Waals surface area contributed by atoms with E-state index in [9.17, 15) is 18.0 Å². The molecule has 1 aromatic carbocycles. The van der Waals surface area contributed by atoms with E-state index in [1.165, 1.54) is 28.9 Å². The molecule has 0 aliphatic heterocycles. The van der Waals surface area contributed by atoms with Crippen LogP contribution in [0.5, 0.6) is 0 Å². The molecule has 0 spiro atoms. The van der Waals surface area contributed by atoms with Crippen molar-refractivity contribution < 1.29 is 22.7 Å². The van der Waals surface area contributed by atoms with Crippen LogP contribution in [0.3, 0.4) is 0 Å². The first-order valence-corrected chi connectivity index (χ1v) is 10.9. The average Bonchev–Trinajstić information content (AvgIpc) is 3.03. The molecule has 1 atom stereocenters. The predicted octanol–water partition coefficient (Wildman–Crippen LogP) is 5.81. The van der Waals surface area contributed by atoms with Crippen molar-refractivity contribution in [3.05, 3.63) is 57.9 Å². The van der Waals surface area contributed by atoms with E-state index in [-0.39, 0.29) is 11.9 Å². The minimum Gasteiger partial charge on any atom is -0.466 e. The zero-order chi connectivity index (χ0) is 21.3. The summed E-state index contributed by atoms with van der Waals surface area (Å²) >= 11 is 0. The monoisotopic (exact) mass is 419 g/mol. The first-order chi connectivity index (χ1) is 14.4. The van der Waals surface area contributed by atoms with E-state index in [4.69, 9.17) is 4.74 Å². The van der Waals surface area contributed by atoms with Crippen LogP contribution in [0.1, 0.15) is 78.6 Å². The maximum Gasteiger partial charge on any atom is 0.416 e. The number of aromatic nitrogens is 1. The van der Waals surface area contributed by atoms with Crippen molar-refractivity contribution in [1.82, 2.24) is 4.57 Å². The van der Waals surface area contributed by atoms with E-state index >= 15 is 0 Å². The Morgan fingerprint density at radius 1 is 1.07 bits per heavy atom. The third kappa shape index (κ3) is 4.14. The van der Waals surface area contributed by atoms with E-state index in [0.717, 1.165) is 56.2 Å². The van der Waals surface area contributed by atoms with Crippen LogP contribution in [0.15, 0.2) is 24.3 Å². The molecule has 162 valence electrons. The number of carbonyl (C=O) groups is 1. The molecule has 0 bridgehead atoms. The Hall–Kier alpha value is -2.24. The van der Waals surface area contributed by atoms with Gasteiger partial charge in [0.1, 0.15) is 0 Å². The number of hydrogen-bond donors (Lipinski definition) is 0. The van der Waals surface area contributed by atoms with Crippen molar-refractivity contribution in [2.75, 3.05) is 6.61 Å². The third-order valence-corrected chi connectivity index (χ3v) is 6.44. The van der Waals surface area contributed by atoms with Gasteiger partial charge in [-0.05, 0) is 80.7 Å². The van der Waals surface area contributed by atoms with Gasteiger partial charge in [-0.3, -0.25) is 4.79 Å². The van der Waals surface area contributed by atoms with Crippen molar-refractivity contribution in [3.8, 4) is 0 Å². The zero-order valence-corrected chi connectivity index (χ0v) is 17.4.